The highest BCUT2D eigenvalue weighted by atomic mass is 79.9. The van der Waals surface area contributed by atoms with Gasteiger partial charge in [-0.1, -0.05) is 41.9 Å². The van der Waals surface area contributed by atoms with E-state index >= 15 is 0 Å². The number of carboxylic acids is 2. The quantitative estimate of drug-likeness (QED) is 0.0782. The number of halogens is 2. The number of rotatable bonds is 17. The number of pyridine rings is 1. The van der Waals surface area contributed by atoms with Crippen LogP contribution in [0.5, 0.6) is 11.5 Å². The average molecular weight is 833 g/mol. The minimum absolute atomic E-state index is 0.0276. The predicted molar refractivity (Wildman–Crippen MR) is 208 cm³/mol. The van der Waals surface area contributed by atoms with Crippen LogP contribution < -0.4 is 14.8 Å². The van der Waals surface area contributed by atoms with E-state index in [0.29, 0.717) is 41.3 Å². The van der Waals surface area contributed by atoms with Crippen molar-refractivity contribution in [1.29, 1.82) is 5.26 Å². The molecule has 15 heteroatoms. The molecule has 0 radical (unpaired) electrons. The Balaban J connectivity index is 1.18. The van der Waals surface area contributed by atoms with Gasteiger partial charge in [0.2, 0.25) is 0 Å². The fourth-order valence-electron chi connectivity index (χ4n) is 6.62. The Morgan fingerprint density at radius 3 is 2.55 bits per heavy atom. The van der Waals surface area contributed by atoms with Crippen molar-refractivity contribution < 1.29 is 39.5 Å². The van der Waals surface area contributed by atoms with Gasteiger partial charge < -0.3 is 34.5 Å². The summed E-state index contributed by atoms with van der Waals surface area (Å²) in [6, 6.07) is 19.9. The number of aryl methyl sites for hydroxylation is 1. The Hall–Kier alpha value is -5.01. The smallest absolute Gasteiger partial charge is 0.337 e. The number of aliphatic hydroxyl groups is 2. The van der Waals surface area contributed by atoms with Gasteiger partial charge in [-0.2, -0.15) is 5.26 Å². The molecule has 1 fully saturated rings. The molecule has 2 atom stereocenters. The van der Waals surface area contributed by atoms with Gasteiger partial charge in [-0.25, -0.2) is 4.79 Å². The number of fused-ring (bicyclic) bond motifs is 1. The summed E-state index contributed by atoms with van der Waals surface area (Å²) in [6.45, 7) is 1.73. The monoisotopic (exact) mass is 831 g/mol. The zero-order valence-electron chi connectivity index (χ0n) is 29.6. The van der Waals surface area contributed by atoms with Crippen LogP contribution in [0.1, 0.15) is 35.1 Å². The summed E-state index contributed by atoms with van der Waals surface area (Å²) < 4.78 is 15.4. The number of hydrogen-bond acceptors (Lipinski definition) is 10. The first kappa shape index (κ1) is 39.7. The number of carboxylic acid groups (broad SMARTS) is 2. The number of aliphatic hydroxyl groups excluding tert-OH is 1. The molecule has 3 heterocycles. The van der Waals surface area contributed by atoms with Crippen molar-refractivity contribution in [1.82, 2.24) is 19.8 Å². The first-order valence-electron chi connectivity index (χ1n) is 17.5. The number of hydrogen-bond donors (Lipinski definition) is 5. The molecule has 6 rings (SSSR count). The Morgan fingerprint density at radius 2 is 1.80 bits per heavy atom. The van der Waals surface area contributed by atoms with E-state index in [2.05, 4.69) is 61.3 Å². The van der Waals surface area contributed by atoms with Crippen LogP contribution in [-0.4, -0.2) is 84.7 Å². The maximum absolute atomic E-state index is 11.5. The normalized spacial score (nSPS) is 16.2. The van der Waals surface area contributed by atoms with Crippen molar-refractivity contribution in [3.8, 4) is 28.7 Å². The minimum Gasteiger partial charge on any atom is -0.488 e. The third-order valence-corrected chi connectivity index (χ3v) is 10.8. The summed E-state index contributed by atoms with van der Waals surface area (Å²) in [4.78, 5) is 29.0. The Kier molecular flexibility index (Phi) is 12.7. The number of aromatic nitrogens is 2. The summed E-state index contributed by atoms with van der Waals surface area (Å²) in [5.41, 5.74) is 3.81. The van der Waals surface area contributed by atoms with Crippen molar-refractivity contribution >= 4 is 50.4 Å². The largest absolute Gasteiger partial charge is 0.488 e. The van der Waals surface area contributed by atoms with E-state index in [1.165, 1.54) is 6.20 Å². The second-order valence-electron chi connectivity index (χ2n) is 13.4. The molecule has 0 spiro atoms. The predicted octanol–water partition coefficient (Wildman–Crippen LogP) is 5.60. The van der Waals surface area contributed by atoms with Crippen LogP contribution in [0, 0.1) is 11.3 Å². The number of nitrogens with zero attached hydrogens (tertiary/aromatic N) is 4. The van der Waals surface area contributed by atoms with E-state index < -0.39 is 30.2 Å². The average Bonchev–Trinajstić information content (AvgIpc) is 3.78. The van der Waals surface area contributed by atoms with E-state index in [-0.39, 0.29) is 37.7 Å². The van der Waals surface area contributed by atoms with Crippen LogP contribution in [0.15, 0.2) is 83.7 Å². The fraction of sp³-hybridized carbons (Fsp3) is 0.300. The third kappa shape index (κ3) is 9.28. The van der Waals surface area contributed by atoms with Crippen LogP contribution in [0.25, 0.3) is 22.0 Å². The molecule has 13 nitrogen and oxygen atoms in total. The van der Waals surface area contributed by atoms with Gasteiger partial charge in [-0.3, -0.25) is 20.0 Å². The lowest BCUT2D eigenvalue weighted by molar-refractivity contribution is -0.157. The number of nitrogens with one attached hydrogen (secondary N) is 1. The first-order chi connectivity index (χ1) is 26.5. The maximum Gasteiger partial charge on any atom is 0.337 e. The van der Waals surface area contributed by atoms with E-state index in [1.54, 1.807) is 24.4 Å². The SMILES string of the molecule is N#Cc1cncc(COc2cc(OCc3cccc(-c4cccc5c4ccn5CCCN4CCC(O)(C(=O)O)C4)c3Br)c(Cl)cc2CNC(CO)C(=O)O)c1. The van der Waals surface area contributed by atoms with Gasteiger partial charge in [0.15, 0.2) is 5.60 Å². The van der Waals surface area contributed by atoms with Crippen molar-refractivity contribution in [3.05, 3.63) is 111 Å². The Bertz CT molecular complexity index is 2240. The number of aliphatic carboxylic acids is 2. The molecule has 0 aliphatic carbocycles. The number of ether oxygens (including phenoxy) is 2. The van der Waals surface area contributed by atoms with Crippen molar-refractivity contribution in [2.24, 2.45) is 0 Å². The highest BCUT2D eigenvalue weighted by Crippen LogP contribution is 2.38. The van der Waals surface area contributed by atoms with Gasteiger partial charge in [-0.05, 0) is 64.3 Å². The van der Waals surface area contributed by atoms with Crippen LogP contribution in [-0.2, 0) is 35.9 Å². The highest BCUT2D eigenvalue weighted by molar-refractivity contribution is 9.10. The zero-order valence-corrected chi connectivity index (χ0v) is 32.0. The summed E-state index contributed by atoms with van der Waals surface area (Å²) in [5.74, 6) is -1.68. The molecule has 1 aliphatic rings. The van der Waals surface area contributed by atoms with Gasteiger partial charge in [-0.15, -0.1) is 0 Å². The standard InChI is InChI=1S/C40H39BrClN5O8/c41-37-27(4-1-6-31(37)29-5-2-7-34-30(29)8-12-47(34)11-3-10-46-13-9-40(53,24-46)39(51)52)23-55-36-16-35(54-22-26-14-25(17-43)18-44-19-26)28(15-32(36)42)20-45-33(21-48)38(49)50/h1-2,4-8,12,14-16,18-19,33,45,48,53H,3,9-11,13,20-24H2,(H,49,50)(H,51,52). The number of nitriles is 1. The Labute approximate surface area is 330 Å². The lowest BCUT2D eigenvalue weighted by atomic mass is 10.00. The number of benzene rings is 3. The summed E-state index contributed by atoms with van der Waals surface area (Å²) in [5, 5.41) is 51.9. The molecule has 0 amide bonds. The van der Waals surface area contributed by atoms with Crippen LogP contribution in [0.2, 0.25) is 5.02 Å². The van der Waals surface area contributed by atoms with Gasteiger partial charge >= 0.3 is 11.9 Å². The molecule has 55 heavy (non-hydrogen) atoms. The Morgan fingerprint density at radius 1 is 1.02 bits per heavy atom. The molecule has 0 bridgehead atoms. The van der Waals surface area contributed by atoms with E-state index in [1.807, 2.05) is 29.2 Å². The van der Waals surface area contributed by atoms with Gasteiger partial charge in [0.05, 0.1) is 17.2 Å². The van der Waals surface area contributed by atoms with Gasteiger partial charge in [0, 0.05) is 89.3 Å². The molecular formula is C40H39BrClN5O8. The maximum atomic E-state index is 11.5. The molecule has 286 valence electrons. The second kappa shape index (κ2) is 17.6. The van der Waals surface area contributed by atoms with Crippen molar-refractivity contribution in [3.63, 3.8) is 0 Å². The molecule has 3 aromatic carbocycles. The number of carbonyl (C=O) groups is 2. The zero-order chi connectivity index (χ0) is 39.1. The third-order valence-electron chi connectivity index (χ3n) is 9.62. The van der Waals surface area contributed by atoms with Crippen molar-refractivity contribution in [2.75, 3.05) is 26.2 Å². The van der Waals surface area contributed by atoms with Crippen LogP contribution >= 0.6 is 27.5 Å². The van der Waals surface area contributed by atoms with Crippen molar-refractivity contribution in [2.45, 2.75) is 50.8 Å². The van der Waals surface area contributed by atoms with E-state index in [4.69, 9.17) is 21.1 Å². The fourth-order valence-corrected chi connectivity index (χ4v) is 7.45. The van der Waals surface area contributed by atoms with Gasteiger partial charge in [0.1, 0.15) is 36.8 Å². The topological polar surface area (TPSA) is 190 Å². The van der Waals surface area contributed by atoms with Gasteiger partial charge in [0.25, 0.3) is 0 Å². The molecule has 2 aromatic heterocycles. The lowest BCUT2D eigenvalue weighted by Crippen LogP contribution is -2.41. The van der Waals surface area contributed by atoms with Crippen LogP contribution in [0.3, 0.4) is 0 Å². The molecule has 0 saturated carbocycles. The summed E-state index contributed by atoms with van der Waals surface area (Å²) in [7, 11) is 0. The molecule has 5 N–H and O–H groups in total. The van der Waals surface area contributed by atoms with Crippen LogP contribution in [0.4, 0.5) is 0 Å². The minimum atomic E-state index is -1.67. The molecule has 5 aromatic rings. The molecule has 1 saturated heterocycles. The molecule has 2 unspecified atom stereocenters. The highest BCUT2D eigenvalue weighted by Gasteiger charge is 2.42. The number of β-amino-alcohol motifs (C(OH)–C–C–N with tert-alkyl or cyclic N) is 1. The summed E-state index contributed by atoms with van der Waals surface area (Å²) >= 11 is 10.5. The first-order valence-corrected chi connectivity index (χ1v) is 18.7. The molecular weight excluding hydrogens is 794 g/mol. The number of likely N-dealkylation sites (tertiary alicyclic amines) is 1. The lowest BCUT2D eigenvalue weighted by Gasteiger charge is -2.19. The van der Waals surface area contributed by atoms with E-state index in [0.717, 1.165) is 45.0 Å². The second-order valence-corrected chi connectivity index (χ2v) is 14.6. The summed E-state index contributed by atoms with van der Waals surface area (Å²) in [6.07, 6.45) is 6.11. The molecule has 1 aliphatic heterocycles. The van der Waals surface area contributed by atoms with E-state index in [9.17, 15) is 35.3 Å².